The zero-order valence-electron chi connectivity index (χ0n) is 19.2. The lowest BCUT2D eigenvalue weighted by molar-refractivity contribution is -0.120. The SMILES string of the molecule is CCc1nc(-c2cc(S(=O)(=O)N3CCCC(C(=O)Nc4ccc(C)cc4C)C3)c(C)s2)no1. The van der Waals surface area contributed by atoms with Crippen LogP contribution in [0, 0.1) is 26.7 Å². The first-order valence-corrected chi connectivity index (χ1v) is 13.3. The molecule has 0 bridgehead atoms. The smallest absolute Gasteiger partial charge is 0.244 e. The molecule has 8 nitrogen and oxygen atoms in total. The number of aromatic nitrogens is 2. The van der Waals surface area contributed by atoms with Crippen LogP contribution in [0.5, 0.6) is 0 Å². The lowest BCUT2D eigenvalue weighted by Crippen LogP contribution is -2.43. The van der Waals surface area contributed by atoms with Crippen LogP contribution in [0.15, 0.2) is 33.7 Å². The van der Waals surface area contributed by atoms with Crippen molar-refractivity contribution < 1.29 is 17.7 Å². The molecule has 0 aliphatic carbocycles. The van der Waals surface area contributed by atoms with Crippen LogP contribution >= 0.6 is 11.3 Å². The first-order chi connectivity index (χ1) is 15.7. The van der Waals surface area contributed by atoms with Gasteiger partial charge in [0, 0.05) is 30.1 Å². The molecule has 2 aromatic heterocycles. The topological polar surface area (TPSA) is 105 Å². The summed E-state index contributed by atoms with van der Waals surface area (Å²) in [6, 6.07) is 7.46. The van der Waals surface area contributed by atoms with Gasteiger partial charge in [-0.1, -0.05) is 29.8 Å². The summed E-state index contributed by atoms with van der Waals surface area (Å²) < 4.78 is 33.5. The van der Waals surface area contributed by atoms with Crippen LogP contribution in [-0.2, 0) is 21.2 Å². The van der Waals surface area contributed by atoms with E-state index in [-0.39, 0.29) is 17.3 Å². The molecule has 1 unspecified atom stereocenters. The third-order valence-corrected chi connectivity index (χ3v) is 9.04. The van der Waals surface area contributed by atoms with Gasteiger partial charge in [0.25, 0.3) is 0 Å². The number of carbonyl (C=O) groups is 1. The third kappa shape index (κ3) is 4.87. The van der Waals surface area contributed by atoms with Crippen molar-refractivity contribution in [1.82, 2.24) is 14.4 Å². The van der Waals surface area contributed by atoms with E-state index in [2.05, 4.69) is 15.5 Å². The van der Waals surface area contributed by atoms with E-state index in [0.717, 1.165) is 16.8 Å². The number of thiophene rings is 1. The first kappa shape index (κ1) is 23.6. The molecule has 0 spiro atoms. The van der Waals surface area contributed by atoms with Crippen molar-refractivity contribution in [2.75, 3.05) is 18.4 Å². The Kier molecular flexibility index (Phi) is 6.69. The molecule has 1 atom stereocenters. The molecule has 1 N–H and O–H groups in total. The van der Waals surface area contributed by atoms with Crippen LogP contribution in [0.3, 0.4) is 0 Å². The number of amides is 1. The van der Waals surface area contributed by atoms with E-state index in [4.69, 9.17) is 4.52 Å². The fourth-order valence-corrected chi connectivity index (χ4v) is 7.04. The summed E-state index contributed by atoms with van der Waals surface area (Å²) >= 11 is 1.32. The summed E-state index contributed by atoms with van der Waals surface area (Å²) in [6.07, 6.45) is 1.89. The summed E-state index contributed by atoms with van der Waals surface area (Å²) in [5, 5.41) is 6.94. The molecule has 3 aromatic rings. The van der Waals surface area contributed by atoms with Crippen LogP contribution in [0.4, 0.5) is 5.69 Å². The van der Waals surface area contributed by atoms with Gasteiger partial charge in [0.1, 0.15) is 0 Å². The number of carbonyl (C=O) groups excluding carboxylic acids is 1. The van der Waals surface area contributed by atoms with E-state index in [1.807, 2.05) is 39.0 Å². The van der Waals surface area contributed by atoms with Crippen LogP contribution in [0.2, 0.25) is 0 Å². The molecule has 1 amide bonds. The van der Waals surface area contributed by atoms with Gasteiger partial charge >= 0.3 is 0 Å². The summed E-state index contributed by atoms with van der Waals surface area (Å²) in [5.74, 6) is 0.348. The quantitative estimate of drug-likeness (QED) is 0.554. The fraction of sp³-hybridized carbons (Fsp3) is 0.435. The van der Waals surface area contributed by atoms with Crippen molar-refractivity contribution in [2.45, 2.75) is 51.9 Å². The normalized spacial score (nSPS) is 17.3. The number of benzene rings is 1. The standard InChI is InChI=1S/C23H28N4O4S2/c1-5-21-25-22(26-31-21)19-12-20(16(4)32-19)33(29,30)27-10-6-7-17(13-27)23(28)24-18-9-8-14(2)11-15(18)3/h8-9,11-12,17H,5-7,10,13H2,1-4H3,(H,24,28). The van der Waals surface area contributed by atoms with E-state index in [1.54, 1.807) is 13.0 Å². The zero-order chi connectivity index (χ0) is 23.8. The van der Waals surface area contributed by atoms with E-state index in [9.17, 15) is 13.2 Å². The maximum Gasteiger partial charge on any atom is 0.244 e. The average molecular weight is 489 g/mol. The van der Waals surface area contributed by atoms with E-state index in [0.29, 0.717) is 47.3 Å². The predicted octanol–water partition coefficient (Wildman–Crippen LogP) is 4.33. The largest absolute Gasteiger partial charge is 0.339 e. The Labute approximate surface area is 198 Å². The average Bonchev–Trinajstić information content (AvgIpc) is 3.42. The van der Waals surface area contributed by atoms with Crippen LogP contribution in [-0.4, -0.2) is 41.9 Å². The number of piperidine rings is 1. The second kappa shape index (κ2) is 9.36. The molecule has 33 heavy (non-hydrogen) atoms. The highest BCUT2D eigenvalue weighted by Gasteiger charge is 2.35. The lowest BCUT2D eigenvalue weighted by atomic mass is 9.98. The van der Waals surface area contributed by atoms with Crippen molar-refractivity contribution in [3.8, 4) is 10.7 Å². The van der Waals surface area contributed by atoms with Gasteiger partial charge in [0.05, 0.1) is 15.7 Å². The fourth-order valence-electron chi connectivity index (χ4n) is 4.03. The number of aryl methyl sites for hydroxylation is 4. The summed E-state index contributed by atoms with van der Waals surface area (Å²) in [7, 11) is -3.75. The number of sulfonamides is 1. The number of hydrogen-bond donors (Lipinski definition) is 1. The monoisotopic (exact) mass is 488 g/mol. The Morgan fingerprint density at radius 2 is 2.06 bits per heavy atom. The van der Waals surface area contributed by atoms with Gasteiger partial charge in [-0.3, -0.25) is 4.79 Å². The van der Waals surface area contributed by atoms with Crippen molar-refractivity contribution in [3.63, 3.8) is 0 Å². The molecule has 1 saturated heterocycles. The lowest BCUT2D eigenvalue weighted by Gasteiger charge is -2.31. The van der Waals surface area contributed by atoms with E-state index < -0.39 is 15.9 Å². The van der Waals surface area contributed by atoms with Gasteiger partial charge in [-0.05, 0) is 51.3 Å². The highest BCUT2D eigenvalue weighted by Crippen LogP contribution is 2.35. The molecule has 10 heteroatoms. The zero-order valence-corrected chi connectivity index (χ0v) is 20.8. The van der Waals surface area contributed by atoms with Crippen molar-refractivity contribution in [1.29, 1.82) is 0 Å². The van der Waals surface area contributed by atoms with E-state index in [1.165, 1.54) is 15.6 Å². The molecule has 0 radical (unpaired) electrons. The Balaban J connectivity index is 1.52. The summed E-state index contributed by atoms with van der Waals surface area (Å²) in [5.41, 5.74) is 2.87. The second-order valence-electron chi connectivity index (χ2n) is 8.41. The van der Waals surface area contributed by atoms with Gasteiger partial charge in [-0.15, -0.1) is 11.3 Å². The first-order valence-electron chi connectivity index (χ1n) is 11.0. The second-order valence-corrected chi connectivity index (χ2v) is 11.6. The minimum absolute atomic E-state index is 0.150. The van der Waals surface area contributed by atoms with Gasteiger partial charge in [0.2, 0.25) is 27.6 Å². The maximum atomic E-state index is 13.5. The molecule has 4 rings (SSSR count). The van der Waals surface area contributed by atoms with E-state index >= 15 is 0 Å². The number of anilines is 1. The summed E-state index contributed by atoms with van der Waals surface area (Å²) in [6.45, 7) is 8.19. The Morgan fingerprint density at radius 1 is 1.27 bits per heavy atom. The molecule has 1 aliphatic rings. The molecule has 3 heterocycles. The highest BCUT2D eigenvalue weighted by molar-refractivity contribution is 7.89. The molecular formula is C23H28N4O4S2. The van der Waals surface area contributed by atoms with Crippen molar-refractivity contribution in [2.24, 2.45) is 5.92 Å². The van der Waals surface area contributed by atoms with Crippen LogP contribution in [0.1, 0.15) is 41.7 Å². The van der Waals surface area contributed by atoms with Crippen LogP contribution in [0.25, 0.3) is 10.7 Å². The number of nitrogens with zero attached hydrogens (tertiary/aromatic N) is 3. The molecular weight excluding hydrogens is 460 g/mol. The van der Waals surface area contributed by atoms with Crippen molar-refractivity contribution >= 4 is 33.0 Å². The minimum atomic E-state index is -3.75. The Morgan fingerprint density at radius 3 is 2.76 bits per heavy atom. The molecule has 1 fully saturated rings. The number of hydrogen-bond acceptors (Lipinski definition) is 7. The molecule has 1 aliphatic heterocycles. The summed E-state index contributed by atoms with van der Waals surface area (Å²) in [4.78, 5) is 18.8. The van der Waals surface area contributed by atoms with Gasteiger partial charge < -0.3 is 9.84 Å². The van der Waals surface area contributed by atoms with Crippen LogP contribution < -0.4 is 5.32 Å². The number of rotatable bonds is 6. The molecule has 0 saturated carbocycles. The molecule has 176 valence electrons. The maximum absolute atomic E-state index is 13.5. The minimum Gasteiger partial charge on any atom is -0.339 e. The third-order valence-electron chi connectivity index (χ3n) is 5.88. The van der Waals surface area contributed by atoms with Gasteiger partial charge in [0.15, 0.2) is 0 Å². The van der Waals surface area contributed by atoms with Gasteiger partial charge in [-0.25, -0.2) is 8.42 Å². The predicted molar refractivity (Wildman–Crippen MR) is 128 cm³/mol. The van der Waals surface area contributed by atoms with Crippen molar-refractivity contribution in [3.05, 3.63) is 46.2 Å². The molecule has 1 aromatic carbocycles. The number of nitrogens with one attached hydrogen (secondary N) is 1. The highest BCUT2D eigenvalue weighted by atomic mass is 32.2. The Bertz CT molecular complexity index is 1280. The Hall–Kier alpha value is -2.56. The van der Waals surface area contributed by atoms with Gasteiger partial charge in [-0.2, -0.15) is 9.29 Å².